The number of amides is 2. The fraction of sp³-hybridized carbons (Fsp3) is 0.250. The Hall–Kier alpha value is -3.31. The number of nitrogens with one attached hydrogen (secondary N) is 1. The molecule has 2 amide bonds. The summed E-state index contributed by atoms with van der Waals surface area (Å²) in [5, 5.41) is 8.24. The monoisotopic (exact) mass is 469 g/mol. The third-order valence-electron chi connectivity index (χ3n) is 4.89. The number of anilines is 1. The van der Waals surface area contributed by atoms with Gasteiger partial charge >= 0.3 is 18.4 Å². The van der Waals surface area contributed by atoms with Gasteiger partial charge in [0.2, 0.25) is 5.60 Å². The van der Waals surface area contributed by atoms with Crippen LogP contribution in [0.4, 0.5) is 23.7 Å². The number of fused-ring (bicyclic) bond motifs is 3. The SMILES string of the molecule is COC(=O)[C@]12Cc3cc(Cl)ccc3C1=NN(C(=O)Nc1ccc(OC(F)(F)F)cc1)CO2. The zero-order valence-corrected chi connectivity index (χ0v) is 17.2. The highest BCUT2D eigenvalue weighted by Crippen LogP contribution is 2.38. The fourth-order valence-electron chi connectivity index (χ4n) is 3.51. The van der Waals surface area contributed by atoms with Gasteiger partial charge in [0.05, 0.1) is 7.11 Å². The van der Waals surface area contributed by atoms with E-state index in [4.69, 9.17) is 21.1 Å². The maximum Gasteiger partial charge on any atom is 0.573 e. The standard InChI is InChI=1S/C20H15ClF3N3O5/c1-30-17(28)19-9-11-8-12(21)2-7-15(11)16(19)26-27(10-31-19)18(29)25-13-3-5-14(6-4-13)32-20(22,23)24/h2-8H,9-10H2,1H3,(H,25,29)/t19-/m0/s1. The third kappa shape index (κ3) is 4.08. The van der Waals surface area contributed by atoms with Crippen LogP contribution in [0.25, 0.3) is 0 Å². The van der Waals surface area contributed by atoms with Crippen molar-refractivity contribution in [2.45, 2.75) is 18.4 Å². The van der Waals surface area contributed by atoms with Crippen molar-refractivity contribution in [2.24, 2.45) is 5.10 Å². The molecule has 0 spiro atoms. The second-order valence-electron chi connectivity index (χ2n) is 6.92. The molecule has 2 aliphatic rings. The lowest BCUT2D eigenvalue weighted by Crippen LogP contribution is -2.55. The van der Waals surface area contributed by atoms with E-state index in [1.54, 1.807) is 18.2 Å². The van der Waals surface area contributed by atoms with Crippen LogP contribution in [0.5, 0.6) is 5.75 Å². The highest BCUT2D eigenvalue weighted by Gasteiger charge is 2.55. The van der Waals surface area contributed by atoms with Gasteiger partial charge in [-0.3, -0.25) is 0 Å². The van der Waals surface area contributed by atoms with E-state index < -0.39 is 29.7 Å². The number of methoxy groups -OCH3 is 1. The Labute approximate surface area is 184 Å². The summed E-state index contributed by atoms with van der Waals surface area (Å²) in [4.78, 5) is 25.2. The summed E-state index contributed by atoms with van der Waals surface area (Å²) in [7, 11) is 1.22. The Kier molecular flexibility index (Phi) is 5.47. The molecule has 12 heteroatoms. The Morgan fingerprint density at radius 1 is 1.22 bits per heavy atom. The Balaban J connectivity index is 1.57. The van der Waals surface area contributed by atoms with E-state index in [9.17, 15) is 22.8 Å². The first kappa shape index (κ1) is 21.9. The first-order valence-corrected chi connectivity index (χ1v) is 9.54. The van der Waals surface area contributed by atoms with Crippen LogP contribution in [0.15, 0.2) is 47.6 Å². The van der Waals surface area contributed by atoms with Crippen LogP contribution in [-0.4, -0.2) is 48.5 Å². The second kappa shape index (κ2) is 7.99. The summed E-state index contributed by atoms with van der Waals surface area (Å²) < 4.78 is 51.3. The molecule has 0 aromatic heterocycles. The highest BCUT2D eigenvalue weighted by molar-refractivity contribution is 6.31. The average Bonchev–Trinajstić information content (AvgIpc) is 3.07. The van der Waals surface area contributed by atoms with E-state index in [0.717, 1.165) is 17.1 Å². The number of hydrazone groups is 1. The van der Waals surface area contributed by atoms with Gasteiger partial charge in [-0.25, -0.2) is 9.59 Å². The zero-order valence-electron chi connectivity index (χ0n) is 16.4. The molecule has 1 aliphatic carbocycles. The van der Waals surface area contributed by atoms with Crippen molar-refractivity contribution in [3.05, 3.63) is 58.6 Å². The van der Waals surface area contributed by atoms with Crippen molar-refractivity contribution in [1.82, 2.24) is 5.01 Å². The van der Waals surface area contributed by atoms with Crippen molar-refractivity contribution in [3.63, 3.8) is 0 Å². The van der Waals surface area contributed by atoms with E-state index >= 15 is 0 Å². The summed E-state index contributed by atoms with van der Waals surface area (Å²) >= 11 is 6.05. The highest BCUT2D eigenvalue weighted by atomic mass is 35.5. The van der Waals surface area contributed by atoms with E-state index in [2.05, 4.69) is 15.2 Å². The molecule has 32 heavy (non-hydrogen) atoms. The van der Waals surface area contributed by atoms with Crippen LogP contribution < -0.4 is 10.1 Å². The number of benzene rings is 2. The molecule has 8 nitrogen and oxygen atoms in total. The fourth-order valence-corrected chi connectivity index (χ4v) is 3.70. The van der Waals surface area contributed by atoms with Crippen molar-refractivity contribution in [1.29, 1.82) is 0 Å². The molecule has 1 heterocycles. The Morgan fingerprint density at radius 2 is 1.94 bits per heavy atom. The molecule has 0 saturated carbocycles. The first-order valence-electron chi connectivity index (χ1n) is 9.16. The number of alkyl halides is 3. The number of nitrogens with zero attached hydrogens (tertiary/aromatic N) is 2. The molecule has 0 bridgehead atoms. The van der Waals surface area contributed by atoms with Gasteiger partial charge in [-0.15, -0.1) is 13.2 Å². The topological polar surface area (TPSA) is 89.5 Å². The van der Waals surface area contributed by atoms with Gasteiger partial charge in [0, 0.05) is 22.7 Å². The van der Waals surface area contributed by atoms with Gasteiger partial charge in [-0.2, -0.15) is 10.1 Å². The van der Waals surface area contributed by atoms with Crippen molar-refractivity contribution >= 4 is 35.0 Å². The quantitative estimate of drug-likeness (QED) is 0.688. The molecule has 1 atom stereocenters. The molecule has 4 rings (SSSR count). The summed E-state index contributed by atoms with van der Waals surface area (Å²) in [5.41, 5.74) is 0.198. The lowest BCUT2D eigenvalue weighted by atomic mass is 9.97. The molecule has 0 radical (unpaired) electrons. The number of ether oxygens (including phenoxy) is 3. The van der Waals surface area contributed by atoms with Gasteiger partial charge in [0.15, 0.2) is 0 Å². The minimum atomic E-state index is -4.82. The maximum atomic E-state index is 12.7. The number of carbonyl (C=O) groups is 2. The molecule has 2 aromatic rings. The number of urea groups is 1. The lowest BCUT2D eigenvalue weighted by Gasteiger charge is -2.34. The maximum absolute atomic E-state index is 12.7. The Bertz CT molecular complexity index is 1110. The number of carbonyl (C=O) groups excluding carboxylic acids is 2. The number of hydrogen-bond donors (Lipinski definition) is 1. The van der Waals surface area contributed by atoms with Gasteiger partial charge < -0.3 is 19.5 Å². The van der Waals surface area contributed by atoms with E-state index in [0.29, 0.717) is 16.1 Å². The predicted octanol–water partition coefficient (Wildman–Crippen LogP) is 3.93. The molecule has 168 valence electrons. The second-order valence-corrected chi connectivity index (χ2v) is 7.36. The van der Waals surface area contributed by atoms with Crippen LogP contribution in [0.3, 0.4) is 0 Å². The van der Waals surface area contributed by atoms with Crippen LogP contribution in [0.1, 0.15) is 11.1 Å². The minimum Gasteiger partial charge on any atom is -0.467 e. The predicted molar refractivity (Wildman–Crippen MR) is 106 cm³/mol. The number of hydrogen-bond acceptors (Lipinski definition) is 6. The van der Waals surface area contributed by atoms with E-state index in [-0.39, 0.29) is 24.6 Å². The summed E-state index contributed by atoms with van der Waals surface area (Å²) in [6, 6.07) is 8.85. The van der Waals surface area contributed by atoms with Crippen LogP contribution in [0, 0.1) is 0 Å². The number of esters is 1. The average molecular weight is 470 g/mol. The van der Waals surface area contributed by atoms with Crippen LogP contribution in [-0.2, 0) is 20.7 Å². The normalized spacial score (nSPS) is 19.5. The van der Waals surface area contributed by atoms with Crippen molar-refractivity contribution < 1.29 is 37.0 Å². The van der Waals surface area contributed by atoms with E-state index in [1.165, 1.54) is 19.2 Å². The van der Waals surface area contributed by atoms with Crippen LogP contribution in [0.2, 0.25) is 5.02 Å². The lowest BCUT2D eigenvalue weighted by molar-refractivity contribution is -0.274. The molecular weight excluding hydrogens is 455 g/mol. The molecule has 0 saturated heterocycles. The van der Waals surface area contributed by atoms with Gasteiger partial charge in [0.1, 0.15) is 18.2 Å². The van der Waals surface area contributed by atoms with Gasteiger partial charge in [0.25, 0.3) is 0 Å². The van der Waals surface area contributed by atoms with Gasteiger partial charge in [-0.1, -0.05) is 17.7 Å². The molecule has 2 aromatic carbocycles. The Morgan fingerprint density at radius 3 is 2.59 bits per heavy atom. The molecule has 1 N–H and O–H groups in total. The summed E-state index contributed by atoms with van der Waals surface area (Å²) in [5.74, 6) is -1.09. The number of halogens is 4. The van der Waals surface area contributed by atoms with E-state index in [1.807, 2.05) is 0 Å². The first-order chi connectivity index (χ1) is 15.1. The summed E-state index contributed by atoms with van der Waals surface area (Å²) in [6.45, 7) is -0.360. The zero-order chi connectivity index (χ0) is 23.1. The largest absolute Gasteiger partial charge is 0.573 e. The molecule has 1 aliphatic heterocycles. The van der Waals surface area contributed by atoms with Gasteiger partial charge in [-0.05, 0) is 42.0 Å². The number of rotatable bonds is 3. The smallest absolute Gasteiger partial charge is 0.467 e. The molecular formula is C20H15ClF3N3O5. The molecule has 0 fully saturated rings. The van der Waals surface area contributed by atoms with Crippen LogP contribution >= 0.6 is 11.6 Å². The van der Waals surface area contributed by atoms with Crippen molar-refractivity contribution in [2.75, 3.05) is 19.2 Å². The third-order valence-corrected chi connectivity index (χ3v) is 5.12. The molecule has 0 unspecified atom stereocenters. The minimum absolute atomic E-state index is 0.143. The van der Waals surface area contributed by atoms with Crippen molar-refractivity contribution in [3.8, 4) is 5.75 Å². The summed E-state index contributed by atoms with van der Waals surface area (Å²) in [6.07, 6.45) is -4.68.